The SMILES string of the molecule is CC.CC(C)(C)CC1NCC(c2cccc(Cl)c2F)C1C#N.Cc1ccc(NC=O)nc1.Fc1cccc(Cl)c1. The molecule has 1 amide bonds. The van der Waals surface area contributed by atoms with E-state index in [1.165, 1.54) is 18.2 Å². The lowest BCUT2D eigenvalue weighted by atomic mass is 9.79. The van der Waals surface area contributed by atoms with Gasteiger partial charge < -0.3 is 10.6 Å². The molecule has 3 atom stereocenters. The highest BCUT2D eigenvalue weighted by Gasteiger charge is 2.39. The minimum Gasteiger partial charge on any atom is -0.313 e. The Labute approximate surface area is 246 Å². The van der Waals surface area contributed by atoms with Crippen LogP contribution in [0.2, 0.25) is 10.0 Å². The number of hydrogen-bond donors (Lipinski definition) is 2. The topological polar surface area (TPSA) is 77.8 Å². The molecule has 1 saturated heterocycles. The van der Waals surface area contributed by atoms with Crippen molar-refractivity contribution >= 4 is 35.4 Å². The van der Waals surface area contributed by atoms with Gasteiger partial charge in [-0.15, -0.1) is 0 Å². The Morgan fingerprint density at radius 2 is 1.80 bits per heavy atom. The monoisotopic (exact) mass is 590 g/mol. The van der Waals surface area contributed by atoms with Crippen molar-refractivity contribution in [2.24, 2.45) is 11.3 Å². The molecule has 5 nitrogen and oxygen atoms in total. The standard InChI is InChI=1S/C16H20ClFN2.C7H8N2O.C6H4ClF.C2H6/c1-16(2,3)7-14-11(8-19)12(9-20-14)10-5-4-6-13(17)15(10)18;1-6-2-3-7(8-4-6)9-5-10;7-5-2-1-3-6(8)4-5;1-2/h4-6,11-12,14,20H,7,9H2,1-3H3;2-5H,1H3,(H,8,9,10);1-4H;1-2H3. The lowest BCUT2D eigenvalue weighted by Gasteiger charge is -2.26. The van der Waals surface area contributed by atoms with Crippen molar-refractivity contribution in [2.75, 3.05) is 11.9 Å². The van der Waals surface area contributed by atoms with Gasteiger partial charge in [0.1, 0.15) is 17.5 Å². The molecule has 3 aromatic rings. The Balaban J connectivity index is 0.000000332. The summed E-state index contributed by atoms with van der Waals surface area (Å²) in [6, 6.07) is 16.9. The summed E-state index contributed by atoms with van der Waals surface area (Å²) in [5.74, 6) is -0.455. The van der Waals surface area contributed by atoms with Crippen molar-refractivity contribution in [1.29, 1.82) is 5.26 Å². The van der Waals surface area contributed by atoms with Crippen molar-refractivity contribution in [3.05, 3.63) is 93.6 Å². The number of nitrogens with zero attached hydrogens (tertiary/aromatic N) is 2. The number of aryl methyl sites for hydroxylation is 1. The van der Waals surface area contributed by atoms with E-state index in [2.05, 4.69) is 42.5 Å². The van der Waals surface area contributed by atoms with Crippen LogP contribution in [0.5, 0.6) is 0 Å². The van der Waals surface area contributed by atoms with Crippen molar-refractivity contribution in [3.8, 4) is 6.07 Å². The minimum atomic E-state index is -0.391. The first-order valence-corrected chi connectivity index (χ1v) is 13.8. The third-order valence-electron chi connectivity index (χ3n) is 5.73. The van der Waals surface area contributed by atoms with Crippen LogP contribution in [-0.4, -0.2) is 24.0 Å². The number of hydrogen-bond acceptors (Lipinski definition) is 4. The molecule has 2 heterocycles. The average molecular weight is 592 g/mol. The van der Waals surface area contributed by atoms with E-state index in [0.717, 1.165) is 12.0 Å². The highest BCUT2D eigenvalue weighted by atomic mass is 35.5. The summed E-state index contributed by atoms with van der Waals surface area (Å²) in [5.41, 5.74) is 1.76. The molecule has 1 aliphatic heterocycles. The van der Waals surface area contributed by atoms with Crippen LogP contribution in [0.1, 0.15) is 58.1 Å². The predicted octanol–water partition coefficient (Wildman–Crippen LogP) is 8.57. The first-order valence-electron chi connectivity index (χ1n) is 13.1. The van der Waals surface area contributed by atoms with Crippen molar-refractivity contribution in [2.45, 2.75) is 59.9 Å². The molecule has 0 saturated carbocycles. The fraction of sp³-hybridized carbons (Fsp3) is 0.387. The fourth-order valence-electron chi connectivity index (χ4n) is 4.04. The zero-order valence-electron chi connectivity index (χ0n) is 23.8. The summed E-state index contributed by atoms with van der Waals surface area (Å²) in [6.07, 6.45) is 3.20. The number of nitriles is 1. The third-order valence-corrected chi connectivity index (χ3v) is 6.26. The zero-order chi connectivity index (χ0) is 30.3. The second-order valence-electron chi connectivity index (χ2n) is 10.1. The van der Waals surface area contributed by atoms with E-state index in [-0.39, 0.29) is 34.1 Å². The van der Waals surface area contributed by atoms with Gasteiger partial charge in [-0.1, -0.05) is 82.1 Å². The van der Waals surface area contributed by atoms with Crippen LogP contribution in [0, 0.1) is 41.2 Å². The summed E-state index contributed by atoms with van der Waals surface area (Å²) < 4.78 is 26.2. The quantitative estimate of drug-likeness (QED) is 0.298. The molecule has 1 aromatic heterocycles. The van der Waals surface area contributed by atoms with Crippen LogP contribution in [-0.2, 0) is 4.79 Å². The Kier molecular flexibility index (Phi) is 15.4. The van der Waals surface area contributed by atoms with Crippen molar-refractivity contribution < 1.29 is 13.6 Å². The molecule has 3 unspecified atom stereocenters. The smallest absolute Gasteiger partial charge is 0.212 e. The number of halogens is 4. The van der Waals surface area contributed by atoms with Gasteiger partial charge in [0.2, 0.25) is 6.41 Å². The maximum absolute atomic E-state index is 14.2. The number of pyridine rings is 1. The highest BCUT2D eigenvalue weighted by molar-refractivity contribution is 6.31. The van der Waals surface area contributed by atoms with E-state index in [1.807, 2.05) is 26.8 Å². The van der Waals surface area contributed by atoms with Crippen LogP contribution < -0.4 is 10.6 Å². The van der Waals surface area contributed by atoms with Gasteiger partial charge in [-0.2, -0.15) is 5.26 Å². The molecule has 2 N–H and O–H groups in total. The maximum Gasteiger partial charge on any atom is 0.212 e. The van der Waals surface area contributed by atoms with Gasteiger partial charge in [-0.3, -0.25) is 4.79 Å². The summed E-state index contributed by atoms with van der Waals surface area (Å²) in [4.78, 5) is 13.8. The van der Waals surface area contributed by atoms with E-state index in [4.69, 9.17) is 23.2 Å². The first-order chi connectivity index (χ1) is 18.9. The van der Waals surface area contributed by atoms with Gasteiger partial charge >= 0.3 is 0 Å². The predicted molar refractivity (Wildman–Crippen MR) is 161 cm³/mol. The van der Waals surface area contributed by atoms with E-state index in [1.54, 1.807) is 36.5 Å². The molecule has 1 fully saturated rings. The summed E-state index contributed by atoms with van der Waals surface area (Å²) >= 11 is 11.3. The van der Waals surface area contributed by atoms with Crippen LogP contribution in [0.25, 0.3) is 0 Å². The zero-order valence-corrected chi connectivity index (χ0v) is 25.3. The van der Waals surface area contributed by atoms with Gasteiger partial charge in [0.05, 0.1) is 17.0 Å². The number of carbonyl (C=O) groups excluding carboxylic acids is 1. The van der Waals surface area contributed by atoms with Gasteiger partial charge in [0.25, 0.3) is 0 Å². The van der Waals surface area contributed by atoms with Crippen molar-refractivity contribution in [1.82, 2.24) is 10.3 Å². The number of amides is 1. The third kappa shape index (κ3) is 12.0. The lowest BCUT2D eigenvalue weighted by molar-refractivity contribution is -0.105. The Bertz CT molecular complexity index is 1210. The van der Waals surface area contributed by atoms with E-state index < -0.39 is 5.82 Å². The molecular formula is C31H38Cl2F2N4O. The van der Waals surface area contributed by atoms with Gasteiger partial charge in [0.15, 0.2) is 0 Å². The number of anilines is 1. The van der Waals surface area contributed by atoms with E-state index in [9.17, 15) is 18.8 Å². The molecule has 0 radical (unpaired) electrons. The van der Waals surface area contributed by atoms with Crippen LogP contribution in [0.4, 0.5) is 14.6 Å². The molecule has 1 aliphatic rings. The molecule has 2 aromatic carbocycles. The van der Waals surface area contributed by atoms with Crippen molar-refractivity contribution in [3.63, 3.8) is 0 Å². The number of nitrogens with one attached hydrogen (secondary N) is 2. The summed E-state index contributed by atoms with van der Waals surface area (Å²) in [7, 11) is 0. The minimum absolute atomic E-state index is 0.100. The normalized spacial score (nSPS) is 17.5. The molecule has 0 bridgehead atoms. The molecule has 216 valence electrons. The average Bonchev–Trinajstić information content (AvgIpc) is 3.29. The van der Waals surface area contributed by atoms with E-state index in [0.29, 0.717) is 29.4 Å². The fourth-order valence-corrected chi connectivity index (χ4v) is 4.39. The Morgan fingerprint density at radius 1 is 1.12 bits per heavy atom. The first kappa shape index (κ1) is 35.0. The van der Waals surface area contributed by atoms with Crippen LogP contribution in [0.15, 0.2) is 60.8 Å². The van der Waals surface area contributed by atoms with Crippen LogP contribution in [0.3, 0.4) is 0 Å². The number of rotatable bonds is 4. The van der Waals surface area contributed by atoms with Gasteiger partial charge in [-0.25, -0.2) is 13.8 Å². The van der Waals surface area contributed by atoms with Gasteiger partial charge in [-0.05, 0) is 60.2 Å². The molecule has 0 aliphatic carbocycles. The summed E-state index contributed by atoms with van der Waals surface area (Å²) in [6.45, 7) is 13.0. The number of benzene rings is 2. The molecule has 9 heteroatoms. The van der Waals surface area contributed by atoms with Gasteiger partial charge in [0, 0.05) is 29.7 Å². The molecule has 4 rings (SSSR count). The Hall–Kier alpha value is -3.05. The summed E-state index contributed by atoms with van der Waals surface area (Å²) in [5, 5.41) is 15.9. The second kappa shape index (κ2) is 17.6. The number of aromatic nitrogens is 1. The number of carbonyl (C=O) groups is 1. The largest absolute Gasteiger partial charge is 0.313 e. The molecule has 40 heavy (non-hydrogen) atoms. The second-order valence-corrected chi connectivity index (χ2v) is 11.0. The van der Waals surface area contributed by atoms with E-state index >= 15 is 0 Å². The maximum atomic E-state index is 14.2. The highest BCUT2D eigenvalue weighted by Crippen LogP contribution is 2.38. The molecule has 0 spiro atoms. The Morgan fingerprint density at radius 3 is 2.30 bits per heavy atom. The lowest BCUT2D eigenvalue weighted by Crippen LogP contribution is -2.31. The van der Waals surface area contributed by atoms with Crippen LogP contribution >= 0.6 is 23.2 Å². The molecular weight excluding hydrogens is 553 g/mol.